The minimum atomic E-state index is -0.511. The third-order valence-corrected chi connectivity index (χ3v) is 2.43. The van der Waals surface area contributed by atoms with Gasteiger partial charge in [-0.2, -0.15) is 0 Å². The SMILES string of the molecule is COCCNCc1cc(Cl)ccc1OCC(N)=O. The van der Waals surface area contributed by atoms with Gasteiger partial charge in [0.25, 0.3) is 5.91 Å². The van der Waals surface area contributed by atoms with Gasteiger partial charge in [-0.1, -0.05) is 11.6 Å². The van der Waals surface area contributed by atoms with E-state index in [2.05, 4.69) is 5.32 Å². The highest BCUT2D eigenvalue weighted by Crippen LogP contribution is 2.22. The second-order valence-electron chi connectivity index (χ2n) is 3.68. The smallest absolute Gasteiger partial charge is 0.255 e. The van der Waals surface area contributed by atoms with E-state index in [-0.39, 0.29) is 6.61 Å². The molecule has 0 fully saturated rings. The highest BCUT2D eigenvalue weighted by molar-refractivity contribution is 6.30. The van der Waals surface area contributed by atoms with Crippen LogP contribution in [-0.2, 0) is 16.1 Å². The summed E-state index contributed by atoms with van der Waals surface area (Å²) in [5.74, 6) is 0.0892. The summed E-state index contributed by atoms with van der Waals surface area (Å²) >= 11 is 5.92. The second kappa shape index (κ2) is 7.92. The molecule has 1 aromatic rings. The summed E-state index contributed by atoms with van der Waals surface area (Å²) in [6, 6.07) is 5.22. The number of hydrogen-bond donors (Lipinski definition) is 2. The summed E-state index contributed by atoms with van der Waals surface area (Å²) in [5.41, 5.74) is 5.91. The number of rotatable bonds is 8. The average molecular weight is 273 g/mol. The molecule has 0 spiro atoms. The quantitative estimate of drug-likeness (QED) is 0.691. The molecule has 1 rings (SSSR count). The number of hydrogen-bond acceptors (Lipinski definition) is 4. The minimum Gasteiger partial charge on any atom is -0.483 e. The van der Waals surface area contributed by atoms with Crippen molar-refractivity contribution in [2.45, 2.75) is 6.54 Å². The summed E-state index contributed by atoms with van der Waals surface area (Å²) in [6.07, 6.45) is 0. The number of amides is 1. The number of ether oxygens (including phenoxy) is 2. The van der Waals surface area contributed by atoms with Crippen molar-refractivity contribution in [3.63, 3.8) is 0 Å². The van der Waals surface area contributed by atoms with E-state index >= 15 is 0 Å². The fourth-order valence-corrected chi connectivity index (χ4v) is 1.57. The Bertz CT molecular complexity index is 399. The zero-order valence-corrected chi connectivity index (χ0v) is 11.0. The molecule has 0 aliphatic carbocycles. The molecule has 0 unspecified atom stereocenters. The van der Waals surface area contributed by atoms with E-state index < -0.39 is 5.91 Å². The highest BCUT2D eigenvalue weighted by atomic mass is 35.5. The number of carbonyl (C=O) groups excluding carboxylic acids is 1. The molecule has 1 aromatic carbocycles. The summed E-state index contributed by atoms with van der Waals surface area (Å²) in [4.78, 5) is 10.7. The van der Waals surface area contributed by atoms with Crippen LogP contribution in [-0.4, -0.2) is 32.8 Å². The maximum atomic E-state index is 10.7. The summed E-state index contributed by atoms with van der Waals surface area (Å²) in [7, 11) is 1.64. The zero-order valence-electron chi connectivity index (χ0n) is 10.2. The van der Waals surface area contributed by atoms with E-state index in [4.69, 9.17) is 26.8 Å². The first-order valence-electron chi connectivity index (χ1n) is 5.52. The Morgan fingerprint density at radius 2 is 2.28 bits per heavy atom. The molecule has 0 saturated carbocycles. The van der Waals surface area contributed by atoms with Crippen LogP contribution in [0.25, 0.3) is 0 Å². The highest BCUT2D eigenvalue weighted by Gasteiger charge is 2.06. The molecule has 3 N–H and O–H groups in total. The molecule has 5 nitrogen and oxygen atoms in total. The van der Waals surface area contributed by atoms with Crippen molar-refractivity contribution in [2.75, 3.05) is 26.9 Å². The van der Waals surface area contributed by atoms with E-state index in [1.165, 1.54) is 0 Å². The van der Waals surface area contributed by atoms with E-state index in [0.29, 0.717) is 23.9 Å². The van der Waals surface area contributed by atoms with Crippen LogP contribution >= 0.6 is 11.6 Å². The van der Waals surface area contributed by atoms with Gasteiger partial charge in [0.15, 0.2) is 6.61 Å². The summed E-state index contributed by atoms with van der Waals surface area (Å²) in [5, 5.41) is 3.79. The number of primary amides is 1. The molecule has 6 heteroatoms. The van der Waals surface area contributed by atoms with Gasteiger partial charge >= 0.3 is 0 Å². The lowest BCUT2D eigenvalue weighted by Gasteiger charge is -2.11. The molecular formula is C12H17ClN2O3. The molecular weight excluding hydrogens is 256 g/mol. The van der Waals surface area contributed by atoms with Crippen LogP contribution in [0.3, 0.4) is 0 Å². The van der Waals surface area contributed by atoms with Crippen molar-refractivity contribution in [2.24, 2.45) is 5.73 Å². The molecule has 0 atom stereocenters. The zero-order chi connectivity index (χ0) is 13.4. The van der Waals surface area contributed by atoms with Gasteiger partial charge in [0.1, 0.15) is 5.75 Å². The van der Waals surface area contributed by atoms with E-state index in [9.17, 15) is 4.79 Å². The molecule has 0 radical (unpaired) electrons. The molecule has 0 aromatic heterocycles. The van der Waals surface area contributed by atoms with Gasteiger partial charge in [0.05, 0.1) is 6.61 Å². The Morgan fingerprint density at radius 3 is 2.94 bits per heavy atom. The van der Waals surface area contributed by atoms with Gasteiger partial charge in [-0.3, -0.25) is 4.79 Å². The maximum Gasteiger partial charge on any atom is 0.255 e. The Morgan fingerprint density at radius 1 is 1.50 bits per heavy atom. The molecule has 0 saturated heterocycles. The molecule has 0 heterocycles. The van der Waals surface area contributed by atoms with Crippen LogP contribution in [0.5, 0.6) is 5.75 Å². The number of benzene rings is 1. The number of nitrogens with one attached hydrogen (secondary N) is 1. The largest absolute Gasteiger partial charge is 0.483 e. The van der Waals surface area contributed by atoms with Crippen LogP contribution in [0.1, 0.15) is 5.56 Å². The number of nitrogens with two attached hydrogens (primary N) is 1. The Hall–Kier alpha value is -1.30. The summed E-state index contributed by atoms with van der Waals surface area (Å²) in [6.45, 7) is 1.78. The predicted molar refractivity (Wildman–Crippen MR) is 69.7 cm³/mol. The second-order valence-corrected chi connectivity index (χ2v) is 4.11. The molecule has 100 valence electrons. The third-order valence-electron chi connectivity index (χ3n) is 2.19. The lowest BCUT2D eigenvalue weighted by atomic mass is 10.2. The van der Waals surface area contributed by atoms with E-state index in [1.807, 2.05) is 0 Å². The number of halogens is 1. The van der Waals surface area contributed by atoms with Crippen LogP contribution in [0.4, 0.5) is 0 Å². The Labute approximate surface area is 111 Å². The lowest BCUT2D eigenvalue weighted by Crippen LogP contribution is -2.22. The van der Waals surface area contributed by atoms with Crippen LogP contribution in [0.2, 0.25) is 5.02 Å². The van der Waals surface area contributed by atoms with Gasteiger partial charge in [-0.25, -0.2) is 0 Å². The average Bonchev–Trinajstić information content (AvgIpc) is 2.33. The predicted octanol–water partition coefficient (Wildman–Crippen LogP) is 0.940. The van der Waals surface area contributed by atoms with E-state index in [1.54, 1.807) is 25.3 Å². The Kier molecular flexibility index (Phi) is 6.49. The first-order chi connectivity index (χ1) is 8.63. The van der Waals surface area contributed by atoms with Crippen molar-refractivity contribution in [1.29, 1.82) is 0 Å². The molecule has 0 aliphatic rings. The third kappa shape index (κ3) is 5.35. The van der Waals surface area contributed by atoms with Gasteiger partial charge in [0, 0.05) is 30.8 Å². The van der Waals surface area contributed by atoms with Crippen molar-refractivity contribution in [3.8, 4) is 5.75 Å². The Balaban J connectivity index is 2.61. The molecule has 0 bridgehead atoms. The monoisotopic (exact) mass is 272 g/mol. The van der Waals surface area contributed by atoms with Crippen molar-refractivity contribution in [3.05, 3.63) is 28.8 Å². The molecule has 0 aliphatic heterocycles. The molecule has 18 heavy (non-hydrogen) atoms. The van der Waals surface area contributed by atoms with E-state index in [0.717, 1.165) is 12.1 Å². The first-order valence-corrected chi connectivity index (χ1v) is 5.90. The van der Waals surface area contributed by atoms with Crippen molar-refractivity contribution >= 4 is 17.5 Å². The van der Waals surface area contributed by atoms with Crippen molar-refractivity contribution in [1.82, 2.24) is 5.32 Å². The van der Waals surface area contributed by atoms with Crippen LogP contribution in [0, 0.1) is 0 Å². The summed E-state index contributed by atoms with van der Waals surface area (Å²) < 4.78 is 10.2. The van der Waals surface area contributed by atoms with Gasteiger partial charge < -0.3 is 20.5 Å². The van der Waals surface area contributed by atoms with Gasteiger partial charge in [-0.05, 0) is 18.2 Å². The number of methoxy groups -OCH3 is 1. The topological polar surface area (TPSA) is 73.6 Å². The van der Waals surface area contributed by atoms with Crippen LogP contribution in [0.15, 0.2) is 18.2 Å². The normalized spacial score (nSPS) is 10.3. The van der Waals surface area contributed by atoms with Gasteiger partial charge in [0.2, 0.25) is 0 Å². The standard InChI is InChI=1S/C12H17ClN2O3/c1-17-5-4-15-7-9-6-10(13)2-3-11(9)18-8-12(14)16/h2-3,6,15H,4-5,7-8H2,1H3,(H2,14,16). The number of carbonyl (C=O) groups is 1. The first kappa shape index (κ1) is 14.8. The lowest BCUT2D eigenvalue weighted by molar-refractivity contribution is -0.119. The fraction of sp³-hybridized carbons (Fsp3) is 0.417. The molecule has 1 amide bonds. The fourth-order valence-electron chi connectivity index (χ4n) is 1.37. The van der Waals surface area contributed by atoms with Crippen LogP contribution < -0.4 is 15.8 Å². The van der Waals surface area contributed by atoms with Gasteiger partial charge in [-0.15, -0.1) is 0 Å². The minimum absolute atomic E-state index is 0.146. The van der Waals surface area contributed by atoms with Crippen molar-refractivity contribution < 1.29 is 14.3 Å². The maximum absolute atomic E-state index is 10.7.